The average molecular weight is 293 g/mol. The summed E-state index contributed by atoms with van der Waals surface area (Å²) in [6.07, 6.45) is 0. The number of hydrogen-bond donors (Lipinski definition) is 1. The molecule has 1 atom stereocenters. The largest absolute Gasteiger partial charge is 0.383 e. The first-order valence-electron chi connectivity index (χ1n) is 6.28. The molecule has 1 aliphatic heterocycles. The van der Waals surface area contributed by atoms with Crippen LogP contribution in [0.4, 0.5) is 10.5 Å². The van der Waals surface area contributed by atoms with Crippen LogP contribution in [-0.2, 0) is 15.1 Å². The summed E-state index contributed by atoms with van der Waals surface area (Å²) < 4.78 is 4.86. The van der Waals surface area contributed by atoms with E-state index in [2.05, 4.69) is 5.32 Å². The second-order valence-electron chi connectivity index (χ2n) is 4.81. The monoisotopic (exact) mass is 293 g/mol. The summed E-state index contributed by atoms with van der Waals surface area (Å²) in [4.78, 5) is 35.7. The lowest BCUT2D eigenvalue weighted by atomic mass is 9.91. The van der Waals surface area contributed by atoms with E-state index in [1.807, 2.05) is 0 Å². The average Bonchev–Trinajstić information content (AvgIpc) is 2.68. The zero-order valence-corrected chi connectivity index (χ0v) is 11.7. The third kappa shape index (κ3) is 2.57. The number of urea groups is 1. The third-order valence-electron chi connectivity index (χ3n) is 3.43. The van der Waals surface area contributed by atoms with Gasteiger partial charge in [0.2, 0.25) is 0 Å². The minimum Gasteiger partial charge on any atom is -0.383 e. The van der Waals surface area contributed by atoms with E-state index in [0.29, 0.717) is 5.56 Å². The van der Waals surface area contributed by atoms with Crippen LogP contribution in [0, 0.1) is 10.1 Å². The number of non-ortho nitro benzene ring substituents is 1. The van der Waals surface area contributed by atoms with Crippen LogP contribution in [0.1, 0.15) is 12.5 Å². The molecule has 1 saturated heterocycles. The minimum atomic E-state index is -1.31. The second-order valence-corrected chi connectivity index (χ2v) is 4.81. The molecule has 112 valence electrons. The Bertz CT molecular complexity index is 603. The first-order valence-corrected chi connectivity index (χ1v) is 6.28. The topological polar surface area (TPSA) is 102 Å². The SMILES string of the molecule is COCCN1C(=O)N[C@](C)(c2cccc([N+](=O)[O-])c2)C1=O. The van der Waals surface area contributed by atoms with Crippen LogP contribution >= 0.6 is 0 Å². The van der Waals surface area contributed by atoms with Gasteiger partial charge in [0.25, 0.3) is 11.6 Å². The highest BCUT2D eigenvalue weighted by molar-refractivity contribution is 6.07. The van der Waals surface area contributed by atoms with Gasteiger partial charge in [-0.2, -0.15) is 0 Å². The summed E-state index contributed by atoms with van der Waals surface area (Å²) in [5.41, 5.74) is -1.07. The number of hydrogen-bond acceptors (Lipinski definition) is 5. The van der Waals surface area contributed by atoms with Gasteiger partial charge >= 0.3 is 6.03 Å². The molecule has 1 N–H and O–H groups in total. The first kappa shape index (κ1) is 14.9. The highest BCUT2D eigenvalue weighted by Gasteiger charge is 2.49. The van der Waals surface area contributed by atoms with Gasteiger partial charge in [-0.25, -0.2) is 4.79 Å². The van der Waals surface area contributed by atoms with Gasteiger partial charge in [-0.1, -0.05) is 12.1 Å². The number of nitro groups is 1. The van der Waals surface area contributed by atoms with Gasteiger partial charge in [0, 0.05) is 19.2 Å². The fraction of sp³-hybridized carbons (Fsp3) is 0.385. The van der Waals surface area contributed by atoms with Crippen molar-refractivity contribution in [3.8, 4) is 0 Å². The lowest BCUT2D eigenvalue weighted by molar-refractivity contribution is -0.385. The van der Waals surface area contributed by atoms with Gasteiger partial charge < -0.3 is 10.1 Å². The van der Waals surface area contributed by atoms with E-state index in [0.717, 1.165) is 4.90 Å². The molecule has 1 heterocycles. The highest BCUT2D eigenvalue weighted by atomic mass is 16.6. The van der Waals surface area contributed by atoms with Gasteiger partial charge in [-0.3, -0.25) is 19.8 Å². The third-order valence-corrected chi connectivity index (χ3v) is 3.43. The quantitative estimate of drug-likeness (QED) is 0.496. The van der Waals surface area contributed by atoms with Crippen molar-refractivity contribution in [2.45, 2.75) is 12.5 Å². The summed E-state index contributed by atoms with van der Waals surface area (Å²) in [7, 11) is 1.47. The molecule has 0 unspecified atom stereocenters. The predicted molar refractivity (Wildman–Crippen MR) is 72.6 cm³/mol. The van der Waals surface area contributed by atoms with Crippen LogP contribution in [0.25, 0.3) is 0 Å². The zero-order valence-electron chi connectivity index (χ0n) is 11.7. The van der Waals surface area contributed by atoms with Crippen molar-refractivity contribution >= 4 is 17.6 Å². The molecule has 0 bridgehead atoms. The molecule has 1 aliphatic rings. The van der Waals surface area contributed by atoms with Crippen LogP contribution in [-0.4, -0.2) is 42.0 Å². The molecule has 0 aliphatic carbocycles. The standard InChI is InChI=1S/C13H15N3O5/c1-13(9-4-3-5-10(8-9)16(19)20)11(17)15(6-7-21-2)12(18)14-13/h3-5,8H,6-7H2,1-2H3,(H,14,18)/t13-/m1/s1. The Morgan fingerprint density at radius 2 is 2.14 bits per heavy atom. The molecule has 1 fully saturated rings. The summed E-state index contributed by atoms with van der Waals surface area (Å²) in [6, 6.07) is 5.14. The Balaban J connectivity index is 2.34. The molecule has 1 aromatic carbocycles. The number of amides is 3. The van der Waals surface area contributed by atoms with E-state index in [1.54, 1.807) is 6.07 Å². The molecule has 0 aromatic heterocycles. The fourth-order valence-corrected chi connectivity index (χ4v) is 2.21. The molecule has 8 nitrogen and oxygen atoms in total. The summed E-state index contributed by atoms with van der Waals surface area (Å²) >= 11 is 0. The number of rotatable bonds is 5. The molecular formula is C13H15N3O5. The normalized spacial score (nSPS) is 21.5. The van der Waals surface area contributed by atoms with Gasteiger partial charge in [0.1, 0.15) is 5.54 Å². The van der Waals surface area contributed by atoms with Gasteiger partial charge in [0.05, 0.1) is 18.1 Å². The number of benzene rings is 1. The van der Waals surface area contributed by atoms with Crippen molar-refractivity contribution in [2.24, 2.45) is 0 Å². The Kier molecular flexibility index (Phi) is 3.90. The van der Waals surface area contributed by atoms with E-state index >= 15 is 0 Å². The number of nitrogens with one attached hydrogen (secondary N) is 1. The molecular weight excluding hydrogens is 278 g/mol. The number of nitrogens with zero attached hydrogens (tertiary/aromatic N) is 2. The van der Waals surface area contributed by atoms with E-state index < -0.39 is 22.4 Å². The summed E-state index contributed by atoms with van der Waals surface area (Å²) in [6.45, 7) is 1.88. The molecule has 3 amide bonds. The molecule has 0 radical (unpaired) electrons. The van der Waals surface area contributed by atoms with E-state index in [9.17, 15) is 19.7 Å². The molecule has 0 spiro atoms. The number of methoxy groups -OCH3 is 1. The van der Waals surface area contributed by atoms with Gasteiger partial charge in [0.15, 0.2) is 0 Å². The fourth-order valence-electron chi connectivity index (χ4n) is 2.21. The second kappa shape index (κ2) is 5.49. The zero-order chi connectivity index (χ0) is 15.6. The molecule has 21 heavy (non-hydrogen) atoms. The number of nitro benzene ring substituents is 1. The van der Waals surface area contributed by atoms with E-state index in [4.69, 9.17) is 4.74 Å². The summed E-state index contributed by atoms with van der Waals surface area (Å²) in [5, 5.41) is 13.4. The number of carbonyl (C=O) groups excluding carboxylic acids is 2. The number of ether oxygens (including phenoxy) is 1. The Morgan fingerprint density at radius 3 is 2.76 bits per heavy atom. The van der Waals surface area contributed by atoms with Crippen LogP contribution < -0.4 is 5.32 Å². The summed E-state index contributed by atoms with van der Waals surface area (Å²) in [5.74, 6) is -0.454. The lowest BCUT2D eigenvalue weighted by Crippen LogP contribution is -2.41. The molecule has 1 aromatic rings. The van der Waals surface area contributed by atoms with Gasteiger partial charge in [-0.15, -0.1) is 0 Å². The molecule has 2 rings (SSSR count). The Labute approximate surface area is 120 Å². The van der Waals surface area contributed by atoms with E-state index in [1.165, 1.54) is 32.2 Å². The molecule has 0 saturated carbocycles. The van der Waals surface area contributed by atoms with Crippen LogP contribution in [0.15, 0.2) is 24.3 Å². The minimum absolute atomic E-state index is 0.131. The van der Waals surface area contributed by atoms with Crippen molar-refractivity contribution in [1.82, 2.24) is 10.2 Å². The van der Waals surface area contributed by atoms with Crippen LogP contribution in [0.3, 0.4) is 0 Å². The highest BCUT2D eigenvalue weighted by Crippen LogP contribution is 2.30. The van der Waals surface area contributed by atoms with Crippen LogP contribution in [0.5, 0.6) is 0 Å². The van der Waals surface area contributed by atoms with Gasteiger partial charge in [-0.05, 0) is 12.5 Å². The number of carbonyl (C=O) groups is 2. The lowest BCUT2D eigenvalue weighted by Gasteiger charge is -2.22. The van der Waals surface area contributed by atoms with Crippen molar-refractivity contribution in [2.75, 3.05) is 20.3 Å². The smallest absolute Gasteiger partial charge is 0.325 e. The van der Waals surface area contributed by atoms with Crippen molar-refractivity contribution in [1.29, 1.82) is 0 Å². The van der Waals surface area contributed by atoms with Crippen LogP contribution in [0.2, 0.25) is 0 Å². The maximum atomic E-state index is 12.4. The maximum Gasteiger partial charge on any atom is 0.325 e. The predicted octanol–water partition coefficient (Wildman–Crippen LogP) is 1.01. The Morgan fingerprint density at radius 1 is 1.43 bits per heavy atom. The van der Waals surface area contributed by atoms with Crippen molar-refractivity contribution in [3.05, 3.63) is 39.9 Å². The maximum absolute atomic E-state index is 12.4. The van der Waals surface area contributed by atoms with Crippen molar-refractivity contribution in [3.63, 3.8) is 0 Å². The molecule has 8 heteroatoms. The number of imide groups is 1. The Hall–Kier alpha value is -2.48. The first-order chi connectivity index (χ1) is 9.90. The van der Waals surface area contributed by atoms with Crippen molar-refractivity contribution < 1.29 is 19.2 Å². The van der Waals surface area contributed by atoms with E-state index in [-0.39, 0.29) is 18.8 Å².